The van der Waals surface area contributed by atoms with Crippen molar-refractivity contribution in [1.29, 1.82) is 0 Å². The average molecular weight is 318 g/mol. The number of rotatable bonds is 7. The van der Waals surface area contributed by atoms with E-state index < -0.39 is 0 Å². The van der Waals surface area contributed by atoms with E-state index in [1.54, 1.807) is 18.4 Å². The Kier molecular flexibility index (Phi) is 5.95. The molecular formula is C17H22N2O2S. The van der Waals surface area contributed by atoms with Gasteiger partial charge >= 0.3 is 0 Å². The Balaban J connectivity index is 1.81. The lowest BCUT2D eigenvalue weighted by atomic mass is 9.97. The van der Waals surface area contributed by atoms with Crippen LogP contribution in [0.25, 0.3) is 0 Å². The molecule has 1 aromatic carbocycles. The molecule has 22 heavy (non-hydrogen) atoms. The lowest BCUT2D eigenvalue weighted by Crippen LogP contribution is -2.25. The van der Waals surface area contributed by atoms with Crippen molar-refractivity contribution in [2.75, 3.05) is 7.11 Å². The van der Waals surface area contributed by atoms with E-state index in [-0.39, 0.29) is 11.8 Å². The van der Waals surface area contributed by atoms with Crippen LogP contribution in [0.1, 0.15) is 29.6 Å². The van der Waals surface area contributed by atoms with Crippen LogP contribution in [0.5, 0.6) is 5.75 Å². The number of carbonyl (C=O) groups excluding carboxylic acids is 1. The molecule has 1 aromatic heterocycles. The van der Waals surface area contributed by atoms with Gasteiger partial charge in [0.25, 0.3) is 0 Å². The van der Waals surface area contributed by atoms with E-state index in [9.17, 15) is 4.79 Å². The van der Waals surface area contributed by atoms with Gasteiger partial charge in [-0.1, -0.05) is 25.1 Å². The average Bonchev–Trinajstić information content (AvgIpc) is 2.91. The molecule has 1 N–H and O–H groups in total. The minimum atomic E-state index is 0.0630. The van der Waals surface area contributed by atoms with E-state index in [0.717, 1.165) is 28.4 Å². The summed E-state index contributed by atoms with van der Waals surface area (Å²) in [5, 5.41) is 5.93. The molecule has 0 fully saturated rings. The number of nitrogens with one attached hydrogen (secondary N) is 1. The van der Waals surface area contributed by atoms with Gasteiger partial charge in [-0.2, -0.15) is 0 Å². The first-order chi connectivity index (χ1) is 10.6. The third-order valence-electron chi connectivity index (χ3n) is 3.43. The summed E-state index contributed by atoms with van der Waals surface area (Å²) in [6.07, 6.45) is 1.33. The second-order valence-electron chi connectivity index (χ2n) is 5.46. The van der Waals surface area contributed by atoms with Crippen molar-refractivity contribution in [3.8, 4) is 5.75 Å². The van der Waals surface area contributed by atoms with Crippen LogP contribution < -0.4 is 10.1 Å². The minimum Gasteiger partial charge on any atom is -0.496 e. The van der Waals surface area contributed by atoms with E-state index in [4.69, 9.17) is 4.74 Å². The van der Waals surface area contributed by atoms with Gasteiger partial charge in [-0.05, 0) is 30.9 Å². The fraction of sp³-hybridized carbons (Fsp3) is 0.412. The number of carbonyl (C=O) groups is 1. The van der Waals surface area contributed by atoms with Crippen molar-refractivity contribution in [2.45, 2.75) is 33.2 Å². The first-order valence-electron chi connectivity index (χ1n) is 7.38. The predicted molar refractivity (Wildman–Crippen MR) is 89.2 cm³/mol. The summed E-state index contributed by atoms with van der Waals surface area (Å²) in [6.45, 7) is 4.55. The number of hydrogen-bond donors (Lipinski definition) is 1. The number of ether oxygens (including phenoxy) is 1. The number of methoxy groups -OCH3 is 1. The Bertz CT molecular complexity index is 625. The van der Waals surface area contributed by atoms with Crippen LogP contribution in [-0.2, 0) is 17.8 Å². The zero-order valence-electron chi connectivity index (χ0n) is 13.3. The first-order valence-corrected chi connectivity index (χ1v) is 8.26. The molecule has 1 heterocycles. The van der Waals surface area contributed by atoms with Crippen molar-refractivity contribution in [2.24, 2.45) is 5.92 Å². The topological polar surface area (TPSA) is 51.2 Å². The highest BCUT2D eigenvalue weighted by atomic mass is 32.1. The number of aromatic nitrogens is 1. The molecule has 0 spiro atoms. The quantitative estimate of drug-likeness (QED) is 0.852. The van der Waals surface area contributed by atoms with Gasteiger partial charge < -0.3 is 10.1 Å². The van der Waals surface area contributed by atoms with Crippen LogP contribution in [0.2, 0.25) is 0 Å². The van der Waals surface area contributed by atoms with Gasteiger partial charge in [0.1, 0.15) is 5.75 Å². The maximum Gasteiger partial charge on any atom is 0.220 e. The van der Waals surface area contributed by atoms with Crippen LogP contribution >= 0.6 is 11.3 Å². The van der Waals surface area contributed by atoms with Crippen molar-refractivity contribution in [3.05, 3.63) is 45.9 Å². The van der Waals surface area contributed by atoms with Gasteiger partial charge in [-0.25, -0.2) is 4.98 Å². The largest absolute Gasteiger partial charge is 0.496 e. The summed E-state index contributed by atoms with van der Waals surface area (Å²) in [5.41, 5.74) is 2.06. The van der Waals surface area contributed by atoms with Gasteiger partial charge in [0.2, 0.25) is 5.91 Å². The van der Waals surface area contributed by atoms with Crippen LogP contribution in [0.15, 0.2) is 29.6 Å². The monoisotopic (exact) mass is 318 g/mol. The molecule has 1 amide bonds. The summed E-state index contributed by atoms with van der Waals surface area (Å²) >= 11 is 1.60. The zero-order valence-corrected chi connectivity index (χ0v) is 14.1. The fourth-order valence-electron chi connectivity index (χ4n) is 2.39. The summed E-state index contributed by atoms with van der Waals surface area (Å²) in [5.74, 6) is 1.20. The molecule has 0 saturated carbocycles. The normalized spacial score (nSPS) is 12.0. The molecule has 2 rings (SSSR count). The maximum absolute atomic E-state index is 12.0. The molecule has 5 heteroatoms. The lowest BCUT2D eigenvalue weighted by Gasteiger charge is -2.14. The van der Waals surface area contributed by atoms with Crippen LogP contribution in [0.4, 0.5) is 0 Å². The lowest BCUT2D eigenvalue weighted by molar-refractivity contribution is -0.122. The van der Waals surface area contributed by atoms with E-state index in [0.29, 0.717) is 13.0 Å². The minimum absolute atomic E-state index is 0.0630. The third-order valence-corrected chi connectivity index (χ3v) is 4.25. The van der Waals surface area contributed by atoms with E-state index >= 15 is 0 Å². The fourth-order valence-corrected chi connectivity index (χ4v) is 3.00. The smallest absolute Gasteiger partial charge is 0.220 e. The molecule has 0 aliphatic heterocycles. The summed E-state index contributed by atoms with van der Waals surface area (Å²) in [4.78, 5) is 16.4. The summed E-state index contributed by atoms with van der Waals surface area (Å²) < 4.78 is 5.35. The van der Waals surface area contributed by atoms with Gasteiger partial charge in [0.15, 0.2) is 0 Å². The highest BCUT2D eigenvalue weighted by Crippen LogP contribution is 2.22. The number of hydrogen-bond acceptors (Lipinski definition) is 4. The molecule has 0 aliphatic carbocycles. The van der Waals surface area contributed by atoms with Crippen LogP contribution in [-0.4, -0.2) is 18.0 Å². The zero-order chi connectivity index (χ0) is 15.9. The Morgan fingerprint density at radius 2 is 2.18 bits per heavy atom. The van der Waals surface area contributed by atoms with E-state index in [1.165, 1.54) is 0 Å². The van der Waals surface area contributed by atoms with Crippen LogP contribution in [0, 0.1) is 12.8 Å². The van der Waals surface area contributed by atoms with Crippen LogP contribution in [0.3, 0.4) is 0 Å². The van der Waals surface area contributed by atoms with E-state index in [2.05, 4.69) is 17.2 Å². The van der Waals surface area contributed by atoms with Crippen molar-refractivity contribution >= 4 is 17.2 Å². The molecule has 4 nitrogen and oxygen atoms in total. The Labute approximate surface area is 135 Å². The summed E-state index contributed by atoms with van der Waals surface area (Å²) in [7, 11) is 1.67. The SMILES string of the molecule is COc1ccccc1CC(C)CC(=O)NCc1csc(C)n1. The van der Waals surface area contributed by atoms with Gasteiger partial charge in [0, 0.05) is 11.8 Å². The van der Waals surface area contributed by atoms with Crippen molar-refractivity contribution in [3.63, 3.8) is 0 Å². The Morgan fingerprint density at radius 1 is 1.41 bits per heavy atom. The molecule has 0 saturated heterocycles. The Morgan fingerprint density at radius 3 is 2.86 bits per heavy atom. The molecule has 1 unspecified atom stereocenters. The van der Waals surface area contributed by atoms with Gasteiger partial charge in [0.05, 0.1) is 24.4 Å². The molecule has 118 valence electrons. The van der Waals surface area contributed by atoms with Crippen molar-refractivity contribution < 1.29 is 9.53 Å². The van der Waals surface area contributed by atoms with Crippen molar-refractivity contribution in [1.82, 2.24) is 10.3 Å². The van der Waals surface area contributed by atoms with Gasteiger partial charge in [-0.3, -0.25) is 4.79 Å². The number of para-hydroxylation sites is 1. The molecule has 0 radical (unpaired) electrons. The molecular weight excluding hydrogens is 296 g/mol. The molecule has 0 bridgehead atoms. The first kappa shape index (κ1) is 16.5. The molecule has 1 atom stereocenters. The highest BCUT2D eigenvalue weighted by molar-refractivity contribution is 7.09. The Hall–Kier alpha value is -1.88. The van der Waals surface area contributed by atoms with Gasteiger partial charge in [-0.15, -0.1) is 11.3 Å². The number of benzene rings is 1. The number of aryl methyl sites for hydroxylation is 1. The number of thiazole rings is 1. The third kappa shape index (κ3) is 4.84. The second kappa shape index (κ2) is 7.94. The van der Waals surface area contributed by atoms with E-state index in [1.807, 2.05) is 36.6 Å². The highest BCUT2D eigenvalue weighted by Gasteiger charge is 2.12. The summed E-state index contributed by atoms with van der Waals surface area (Å²) in [6, 6.07) is 7.95. The molecule has 2 aromatic rings. The second-order valence-corrected chi connectivity index (χ2v) is 6.52. The predicted octanol–water partition coefficient (Wildman–Crippen LogP) is 3.35. The molecule has 0 aliphatic rings. The standard InChI is InChI=1S/C17H22N2O2S/c1-12(8-14-6-4-5-7-16(14)21-3)9-17(20)18-10-15-11-22-13(2)19-15/h4-7,11-12H,8-10H2,1-3H3,(H,18,20). The maximum atomic E-state index is 12.0. The number of nitrogens with zero attached hydrogens (tertiary/aromatic N) is 1. The number of amides is 1.